The summed E-state index contributed by atoms with van der Waals surface area (Å²) in [6.07, 6.45) is 0.761. The van der Waals surface area contributed by atoms with E-state index in [2.05, 4.69) is 4.98 Å². The summed E-state index contributed by atoms with van der Waals surface area (Å²) < 4.78 is 0. The molecule has 0 spiro atoms. The smallest absolute Gasteiger partial charge is 0.348 e. The number of carboxylic acid groups (broad SMARTS) is 1. The van der Waals surface area contributed by atoms with E-state index in [1.807, 2.05) is 38.1 Å². The third-order valence-electron chi connectivity index (χ3n) is 2.46. The lowest BCUT2D eigenvalue weighted by atomic mass is 10.1. The molecule has 1 N–H and O–H groups in total. The van der Waals surface area contributed by atoms with Gasteiger partial charge >= 0.3 is 5.97 Å². The van der Waals surface area contributed by atoms with E-state index in [0.717, 1.165) is 22.6 Å². The number of thiazole rings is 1. The van der Waals surface area contributed by atoms with Gasteiger partial charge in [-0.05, 0) is 19.4 Å². The molecule has 0 radical (unpaired) electrons. The highest BCUT2D eigenvalue weighted by atomic mass is 32.1. The quantitative estimate of drug-likeness (QED) is 0.904. The Morgan fingerprint density at radius 3 is 2.82 bits per heavy atom. The molecular weight excluding hydrogens is 234 g/mol. The molecule has 0 unspecified atom stereocenters. The van der Waals surface area contributed by atoms with Crippen LogP contribution in [0.15, 0.2) is 24.3 Å². The Kier molecular flexibility index (Phi) is 3.24. The van der Waals surface area contributed by atoms with Crippen LogP contribution in [0.3, 0.4) is 0 Å². The number of rotatable bonds is 3. The van der Waals surface area contributed by atoms with Gasteiger partial charge in [0.1, 0.15) is 4.88 Å². The normalized spacial score (nSPS) is 10.5. The molecule has 0 aliphatic heterocycles. The van der Waals surface area contributed by atoms with Gasteiger partial charge in [0.15, 0.2) is 0 Å². The predicted molar refractivity (Wildman–Crippen MR) is 68.6 cm³/mol. The van der Waals surface area contributed by atoms with Crippen molar-refractivity contribution in [1.29, 1.82) is 0 Å². The first-order chi connectivity index (χ1) is 8.11. The van der Waals surface area contributed by atoms with Gasteiger partial charge in [-0.25, -0.2) is 9.78 Å². The number of aryl methyl sites for hydroxylation is 2. The van der Waals surface area contributed by atoms with Gasteiger partial charge in [0.25, 0.3) is 0 Å². The lowest BCUT2D eigenvalue weighted by Crippen LogP contribution is -1.95. The highest BCUT2D eigenvalue weighted by Gasteiger charge is 2.17. The molecular formula is C13H13NO2S. The Labute approximate surface area is 104 Å². The van der Waals surface area contributed by atoms with Gasteiger partial charge in [-0.3, -0.25) is 0 Å². The zero-order chi connectivity index (χ0) is 12.4. The Balaban J connectivity index is 2.57. The second kappa shape index (κ2) is 4.67. The maximum Gasteiger partial charge on any atom is 0.348 e. The second-order valence-corrected chi connectivity index (χ2v) is 4.90. The predicted octanol–water partition coefficient (Wildman–Crippen LogP) is 3.38. The van der Waals surface area contributed by atoms with Gasteiger partial charge in [0, 0.05) is 5.56 Å². The summed E-state index contributed by atoms with van der Waals surface area (Å²) in [6, 6.07) is 7.76. The molecule has 1 aromatic heterocycles. The second-order valence-electron chi connectivity index (χ2n) is 3.81. The molecule has 1 heterocycles. The lowest BCUT2D eigenvalue weighted by molar-refractivity contribution is 0.0702. The number of hydrogen-bond donors (Lipinski definition) is 1. The van der Waals surface area contributed by atoms with E-state index in [9.17, 15) is 9.90 Å². The minimum absolute atomic E-state index is 0.326. The van der Waals surface area contributed by atoms with E-state index in [-0.39, 0.29) is 0 Å². The maximum atomic E-state index is 11.2. The molecule has 0 saturated carbocycles. The van der Waals surface area contributed by atoms with Crippen molar-refractivity contribution in [2.75, 3.05) is 0 Å². The van der Waals surface area contributed by atoms with Crippen LogP contribution in [0, 0.1) is 6.92 Å². The third-order valence-corrected chi connectivity index (χ3v) is 3.65. The van der Waals surface area contributed by atoms with E-state index >= 15 is 0 Å². The number of carbonyl (C=O) groups is 1. The molecule has 2 rings (SSSR count). The van der Waals surface area contributed by atoms with Crippen LogP contribution in [-0.2, 0) is 6.42 Å². The van der Waals surface area contributed by atoms with E-state index < -0.39 is 5.97 Å². The van der Waals surface area contributed by atoms with Crippen molar-refractivity contribution in [2.45, 2.75) is 20.3 Å². The highest BCUT2D eigenvalue weighted by molar-refractivity contribution is 7.14. The van der Waals surface area contributed by atoms with Crippen molar-refractivity contribution < 1.29 is 9.90 Å². The van der Waals surface area contributed by atoms with Crippen LogP contribution in [-0.4, -0.2) is 16.1 Å². The van der Waals surface area contributed by atoms with E-state index in [0.29, 0.717) is 10.6 Å². The maximum absolute atomic E-state index is 11.2. The van der Waals surface area contributed by atoms with Crippen LogP contribution in [0.4, 0.5) is 0 Å². The Hall–Kier alpha value is -1.68. The largest absolute Gasteiger partial charge is 0.477 e. The van der Waals surface area contributed by atoms with Crippen molar-refractivity contribution in [3.63, 3.8) is 0 Å². The van der Waals surface area contributed by atoms with Crippen LogP contribution in [0.5, 0.6) is 0 Å². The zero-order valence-corrected chi connectivity index (χ0v) is 10.5. The Bertz CT molecular complexity index is 560. The number of aromatic nitrogens is 1. The van der Waals surface area contributed by atoms with Gasteiger partial charge < -0.3 is 5.11 Å². The summed E-state index contributed by atoms with van der Waals surface area (Å²) in [4.78, 5) is 15.9. The van der Waals surface area contributed by atoms with E-state index in [1.165, 1.54) is 11.3 Å². The third kappa shape index (κ3) is 2.36. The van der Waals surface area contributed by atoms with Gasteiger partial charge in [0.05, 0.1) is 10.7 Å². The minimum Gasteiger partial charge on any atom is -0.477 e. The molecule has 0 bridgehead atoms. The zero-order valence-electron chi connectivity index (χ0n) is 9.73. The van der Waals surface area contributed by atoms with Gasteiger partial charge in [-0.15, -0.1) is 11.3 Å². The van der Waals surface area contributed by atoms with Gasteiger partial charge in [-0.2, -0.15) is 0 Å². The molecule has 17 heavy (non-hydrogen) atoms. The molecule has 3 nitrogen and oxygen atoms in total. The summed E-state index contributed by atoms with van der Waals surface area (Å²) in [7, 11) is 0. The number of aromatic carboxylic acids is 1. The molecule has 0 fully saturated rings. The molecule has 0 saturated heterocycles. The fourth-order valence-corrected chi connectivity index (χ4v) is 2.51. The van der Waals surface area contributed by atoms with Crippen LogP contribution in [0.1, 0.15) is 27.2 Å². The van der Waals surface area contributed by atoms with Crippen molar-refractivity contribution in [3.05, 3.63) is 39.7 Å². The summed E-state index contributed by atoms with van der Waals surface area (Å²) in [5.41, 5.74) is 2.56. The summed E-state index contributed by atoms with van der Waals surface area (Å²) in [6.45, 7) is 3.96. The van der Waals surface area contributed by atoms with Crippen molar-refractivity contribution >= 4 is 17.3 Å². The first kappa shape index (κ1) is 11.8. The fraction of sp³-hybridized carbons (Fsp3) is 0.231. The number of carboxylic acids is 1. The highest BCUT2D eigenvalue weighted by Crippen LogP contribution is 2.29. The Morgan fingerprint density at radius 1 is 1.47 bits per heavy atom. The van der Waals surface area contributed by atoms with Crippen LogP contribution in [0.25, 0.3) is 11.3 Å². The first-order valence-corrected chi connectivity index (χ1v) is 6.23. The summed E-state index contributed by atoms with van der Waals surface area (Å²) >= 11 is 1.26. The molecule has 0 atom stereocenters. The van der Waals surface area contributed by atoms with E-state index in [4.69, 9.17) is 0 Å². The summed E-state index contributed by atoms with van der Waals surface area (Å²) in [5.74, 6) is -0.904. The fourth-order valence-electron chi connectivity index (χ4n) is 1.65. The van der Waals surface area contributed by atoms with E-state index in [1.54, 1.807) is 0 Å². The molecule has 0 amide bonds. The SMILES string of the molecule is CCc1nc(-c2cccc(C)c2)c(C(=O)O)s1. The molecule has 0 aliphatic rings. The lowest BCUT2D eigenvalue weighted by Gasteiger charge is -2.00. The number of hydrogen-bond acceptors (Lipinski definition) is 3. The number of nitrogens with zero attached hydrogens (tertiary/aromatic N) is 1. The van der Waals surface area contributed by atoms with Crippen LogP contribution in [0.2, 0.25) is 0 Å². The average Bonchev–Trinajstić information content (AvgIpc) is 2.73. The molecule has 0 aliphatic carbocycles. The Morgan fingerprint density at radius 2 is 2.24 bits per heavy atom. The first-order valence-electron chi connectivity index (χ1n) is 5.42. The molecule has 1 aromatic carbocycles. The van der Waals surface area contributed by atoms with Crippen LogP contribution >= 0.6 is 11.3 Å². The molecule has 4 heteroatoms. The topological polar surface area (TPSA) is 50.2 Å². The summed E-state index contributed by atoms with van der Waals surface area (Å²) in [5, 5.41) is 10.0. The van der Waals surface area contributed by atoms with Crippen molar-refractivity contribution in [1.82, 2.24) is 4.98 Å². The monoisotopic (exact) mass is 247 g/mol. The standard InChI is InChI=1S/C13H13NO2S/c1-3-10-14-11(12(17-10)13(15)16)9-6-4-5-8(2)7-9/h4-7H,3H2,1-2H3,(H,15,16). The van der Waals surface area contributed by atoms with Crippen LogP contribution < -0.4 is 0 Å². The van der Waals surface area contributed by atoms with Crippen molar-refractivity contribution in [3.8, 4) is 11.3 Å². The molecule has 2 aromatic rings. The molecule has 88 valence electrons. The van der Waals surface area contributed by atoms with Gasteiger partial charge in [-0.1, -0.05) is 30.7 Å². The number of benzene rings is 1. The average molecular weight is 247 g/mol. The minimum atomic E-state index is -0.904. The van der Waals surface area contributed by atoms with Gasteiger partial charge in [0.2, 0.25) is 0 Å². The van der Waals surface area contributed by atoms with Crippen molar-refractivity contribution in [2.24, 2.45) is 0 Å².